The maximum absolute atomic E-state index is 10.2. The molecule has 7 heteroatoms. The summed E-state index contributed by atoms with van der Waals surface area (Å²) < 4.78 is 1.99. The Morgan fingerprint density at radius 2 is 1.45 bits per heavy atom. The quantitative estimate of drug-likeness (QED) is 0.328. The third kappa shape index (κ3) is 3.69. The van der Waals surface area contributed by atoms with E-state index in [0.717, 1.165) is 16.9 Å². The van der Waals surface area contributed by atoms with E-state index in [4.69, 9.17) is 18.0 Å². The van der Waals surface area contributed by atoms with E-state index in [1.807, 2.05) is 91.0 Å². The van der Waals surface area contributed by atoms with Gasteiger partial charge in [0.25, 0.3) is 0 Å². The van der Waals surface area contributed by atoms with Gasteiger partial charge in [0.05, 0.1) is 5.39 Å². The van der Waals surface area contributed by atoms with Gasteiger partial charge in [-0.05, 0) is 42.0 Å². The molecule has 3 N–H and O–H groups in total. The number of hydrogen-bond donors (Lipinski definition) is 2. The number of anilines is 3. The number of rotatable bonds is 4. The molecule has 5 aromatic rings. The second-order valence-corrected chi connectivity index (χ2v) is 7.69. The highest BCUT2D eigenvalue weighted by atomic mass is 32.1. The molecule has 0 unspecified atom stereocenters. The predicted molar refractivity (Wildman–Crippen MR) is 134 cm³/mol. The minimum Gasteiger partial charge on any atom is -0.384 e. The van der Waals surface area contributed by atoms with E-state index < -0.39 is 0 Å². The Morgan fingerprint density at radius 3 is 2.09 bits per heavy atom. The van der Waals surface area contributed by atoms with Crippen LogP contribution in [0.3, 0.4) is 0 Å². The number of nitrogens with zero attached hydrogens (tertiary/aromatic N) is 4. The van der Waals surface area contributed by atoms with E-state index in [1.54, 1.807) is 4.57 Å². The number of para-hydroxylation sites is 2. The first-order valence-corrected chi connectivity index (χ1v) is 10.7. The highest BCUT2D eigenvalue weighted by Crippen LogP contribution is 2.38. The monoisotopic (exact) mass is 446 g/mol. The van der Waals surface area contributed by atoms with Gasteiger partial charge in [0.1, 0.15) is 17.5 Å². The molecule has 33 heavy (non-hydrogen) atoms. The van der Waals surface area contributed by atoms with Crippen LogP contribution >= 0.6 is 12.2 Å². The van der Waals surface area contributed by atoms with Gasteiger partial charge in [-0.25, -0.2) is 4.98 Å². The highest BCUT2D eigenvalue weighted by Gasteiger charge is 2.22. The maximum atomic E-state index is 10.2. The zero-order valence-corrected chi connectivity index (χ0v) is 18.3. The molecule has 0 bridgehead atoms. The fourth-order valence-corrected chi connectivity index (χ4v) is 4.12. The number of benzene rings is 3. The Bertz CT molecular complexity index is 1560. The number of nitrogen functional groups attached to an aromatic ring is 1. The van der Waals surface area contributed by atoms with Crippen molar-refractivity contribution in [2.24, 2.45) is 0 Å². The third-order valence-electron chi connectivity index (χ3n) is 5.29. The minimum absolute atomic E-state index is 0.285. The lowest BCUT2D eigenvalue weighted by molar-refractivity contribution is 0.986. The fraction of sp³-hybridized carbons (Fsp3) is 0. The zero-order valence-electron chi connectivity index (χ0n) is 17.4. The minimum atomic E-state index is 0.285. The number of pyridine rings is 1. The summed E-state index contributed by atoms with van der Waals surface area (Å²) in [7, 11) is 0. The average molecular weight is 447 g/mol. The maximum Gasteiger partial charge on any atom is 0.207 e. The molecular formula is C26H18N6S. The third-order valence-corrected chi connectivity index (χ3v) is 5.57. The van der Waals surface area contributed by atoms with Gasteiger partial charge >= 0.3 is 0 Å². The Morgan fingerprint density at radius 1 is 0.848 bits per heavy atom. The summed E-state index contributed by atoms with van der Waals surface area (Å²) in [6.45, 7) is 0. The van der Waals surface area contributed by atoms with Crippen LogP contribution in [0.5, 0.6) is 0 Å². The van der Waals surface area contributed by atoms with E-state index in [-0.39, 0.29) is 4.77 Å². The zero-order chi connectivity index (χ0) is 22.8. The standard InChI is InChI=1S/C26H18N6S/c27-16-20-21(17-10-4-1-5-11-17)22-23(28)32(19-14-8-3-9-15-19)26(33)31-25(22)30-24(20)29-18-12-6-2-7-13-18/h1-15H,28H2,(H,29,30,31,33). The predicted octanol–water partition coefficient (Wildman–Crippen LogP) is 6.01. The molecule has 0 radical (unpaired) electrons. The number of hydrogen-bond acceptors (Lipinski definition) is 6. The second kappa shape index (κ2) is 8.54. The van der Waals surface area contributed by atoms with E-state index in [9.17, 15) is 5.26 Å². The van der Waals surface area contributed by atoms with Crippen molar-refractivity contribution in [3.63, 3.8) is 0 Å². The van der Waals surface area contributed by atoms with Crippen molar-refractivity contribution in [3.05, 3.63) is 101 Å². The molecule has 0 atom stereocenters. The number of nitrogens with one attached hydrogen (secondary N) is 1. The molecule has 0 spiro atoms. The van der Waals surface area contributed by atoms with Crippen molar-refractivity contribution < 1.29 is 0 Å². The number of aromatic nitrogens is 3. The van der Waals surface area contributed by atoms with Crippen molar-refractivity contribution in [2.75, 3.05) is 11.1 Å². The van der Waals surface area contributed by atoms with E-state index in [2.05, 4.69) is 21.4 Å². The van der Waals surface area contributed by atoms with Crippen molar-refractivity contribution >= 4 is 40.6 Å². The summed E-state index contributed by atoms with van der Waals surface area (Å²) in [6, 6.07) is 31.1. The average Bonchev–Trinajstić information content (AvgIpc) is 2.85. The number of nitrogens with two attached hydrogens (primary N) is 1. The normalized spacial score (nSPS) is 10.6. The van der Waals surface area contributed by atoms with Crippen molar-refractivity contribution in [1.82, 2.24) is 14.5 Å². The molecule has 6 nitrogen and oxygen atoms in total. The lowest BCUT2D eigenvalue weighted by Gasteiger charge is -2.18. The Balaban J connectivity index is 1.88. The lowest BCUT2D eigenvalue weighted by Crippen LogP contribution is -2.11. The van der Waals surface area contributed by atoms with Gasteiger partial charge in [-0.3, -0.25) is 4.57 Å². The van der Waals surface area contributed by atoms with Crippen molar-refractivity contribution in [2.45, 2.75) is 0 Å². The highest BCUT2D eigenvalue weighted by molar-refractivity contribution is 7.71. The van der Waals surface area contributed by atoms with Gasteiger partial charge in [0, 0.05) is 16.9 Å². The van der Waals surface area contributed by atoms with Crippen LogP contribution in [0.15, 0.2) is 91.0 Å². The van der Waals surface area contributed by atoms with Crippen LogP contribution in [0.1, 0.15) is 5.56 Å². The van der Waals surface area contributed by atoms with Crippen molar-refractivity contribution in [1.29, 1.82) is 5.26 Å². The summed E-state index contributed by atoms with van der Waals surface area (Å²) in [5.41, 5.74) is 10.5. The SMILES string of the molecule is N#Cc1c(Nc2ccccc2)nc2nc(=S)n(-c3ccccc3)c(N)c2c1-c1ccccc1. The van der Waals surface area contributed by atoms with Crippen LogP contribution in [0, 0.1) is 16.1 Å². The molecular weight excluding hydrogens is 428 g/mol. The first-order chi connectivity index (χ1) is 16.2. The first kappa shape index (κ1) is 20.4. The summed E-state index contributed by atoms with van der Waals surface area (Å²) in [5.74, 6) is 0.777. The smallest absolute Gasteiger partial charge is 0.207 e. The summed E-state index contributed by atoms with van der Waals surface area (Å²) in [6.07, 6.45) is 0. The largest absolute Gasteiger partial charge is 0.384 e. The summed E-state index contributed by atoms with van der Waals surface area (Å²) in [5, 5.41) is 14.0. The Labute approximate surface area is 195 Å². The molecule has 0 amide bonds. The number of nitriles is 1. The van der Waals surface area contributed by atoms with Crippen LogP contribution < -0.4 is 11.1 Å². The molecule has 0 aliphatic rings. The lowest BCUT2D eigenvalue weighted by atomic mass is 9.97. The molecule has 0 aliphatic heterocycles. The molecule has 0 fully saturated rings. The molecule has 2 heterocycles. The summed E-state index contributed by atoms with van der Waals surface area (Å²) in [4.78, 5) is 9.29. The van der Waals surface area contributed by atoms with Crippen LogP contribution in [0.2, 0.25) is 0 Å². The Hall–Kier alpha value is -4.54. The van der Waals surface area contributed by atoms with Gasteiger partial charge in [-0.1, -0.05) is 66.7 Å². The van der Waals surface area contributed by atoms with E-state index >= 15 is 0 Å². The molecule has 5 rings (SSSR count). The van der Waals surface area contributed by atoms with Crippen LogP contribution in [0.4, 0.5) is 17.3 Å². The van der Waals surface area contributed by atoms with Crippen molar-refractivity contribution in [3.8, 4) is 22.9 Å². The van der Waals surface area contributed by atoms with Crippen LogP contribution in [-0.4, -0.2) is 14.5 Å². The molecule has 158 valence electrons. The van der Waals surface area contributed by atoms with Gasteiger partial charge < -0.3 is 11.1 Å². The number of fused-ring (bicyclic) bond motifs is 1. The van der Waals surface area contributed by atoms with Gasteiger partial charge in [0.2, 0.25) is 4.77 Å². The van der Waals surface area contributed by atoms with Gasteiger partial charge in [0.15, 0.2) is 11.5 Å². The molecule has 0 saturated carbocycles. The van der Waals surface area contributed by atoms with E-state index in [0.29, 0.717) is 33.8 Å². The topological polar surface area (TPSA) is 92.5 Å². The van der Waals surface area contributed by atoms with E-state index in [1.165, 1.54) is 0 Å². The van der Waals surface area contributed by atoms with Crippen LogP contribution in [-0.2, 0) is 0 Å². The Kier molecular flexibility index (Phi) is 5.27. The van der Waals surface area contributed by atoms with Gasteiger partial charge in [-0.15, -0.1) is 0 Å². The molecule has 2 aromatic heterocycles. The second-order valence-electron chi connectivity index (χ2n) is 7.33. The molecule has 0 saturated heterocycles. The molecule has 0 aliphatic carbocycles. The molecule has 3 aromatic carbocycles. The van der Waals surface area contributed by atoms with Gasteiger partial charge in [-0.2, -0.15) is 10.2 Å². The fourth-order valence-electron chi connectivity index (χ4n) is 3.83. The summed E-state index contributed by atoms with van der Waals surface area (Å²) >= 11 is 5.59. The first-order valence-electron chi connectivity index (χ1n) is 10.3. The van der Waals surface area contributed by atoms with Crippen LogP contribution in [0.25, 0.3) is 27.8 Å².